The van der Waals surface area contributed by atoms with Crippen LogP contribution >= 0.6 is 0 Å². The van der Waals surface area contributed by atoms with Crippen molar-refractivity contribution in [2.45, 2.75) is 17.3 Å². The Morgan fingerprint density at radius 3 is 2.37 bits per heavy atom. The first-order valence-electron chi connectivity index (χ1n) is 8.79. The molecule has 1 aliphatic rings. The number of nitrogens with one attached hydrogen (secondary N) is 1. The molecule has 0 bridgehead atoms. The molecule has 158 valence electrons. The van der Waals surface area contributed by atoms with Gasteiger partial charge < -0.3 is 10.0 Å². The van der Waals surface area contributed by atoms with Gasteiger partial charge in [-0.15, -0.1) is 0 Å². The molecule has 0 amide bonds. The highest BCUT2D eigenvalue weighted by atomic mass is 32.2. The normalized spacial score (nSPS) is 16.3. The van der Waals surface area contributed by atoms with Crippen molar-refractivity contribution in [3.8, 4) is 11.1 Å². The van der Waals surface area contributed by atoms with Gasteiger partial charge in [0, 0.05) is 30.1 Å². The molecule has 2 aromatic carbocycles. The van der Waals surface area contributed by atoms with Crippen molar-refractivity contribution in [3.05, 3.63) is 59.9 Å². The summed E-state index contributed by atoms with van der Waals surface area (Å²) in [5.74, 6) is 0. The third-order valence-corrected chi connectivity index (χ3v) is 6.33. The molecule has 7 nitrogen and oxygen atoms in total. The van der Waals surface area contributed by atoms with Crippen LogP contribution in [0.2, 0.25) is 0 Å². The number of hydrogen-bond acceptors (Lipinski definition) is 5. The fraction of sp³-hybridized carbons (Fsp3) is 0.211. The van der Waals surface area contributed by atoms with Gasteiger partial charge in [-0.3, -0.25) is 4.68 Å². The second kappa shape index (κ2) is 6.83. The summed E-state index contributed by atoms with van der Waals surface area (Å²) < 4.78 is 67.0. The highest BCUT2D eigenvalue weighted by Gasteiger charge is 2.35. The molecule has 0 aliphatic carbocycles. The van der Waals surface area contributed by atoms with Crippen LogP contribution in [-0.2, 0) is 23.2 Å². The Labute approximate surface area is 170 Å². The van der Waals surface area contributed by atoms with Gasteiger partial charge in [0.25, 0.3) is 0 Å². The number of nitrogens with zero attached hydrogens (tertiary/aromatic N) is 3. The molecule has 1 atom stereocenters. The Balaban J connectivity index is 1.90. The summed E-state index contributed by atoms with van der Waals surface area (Å²) in [7, 11) is -0.780. The molecule has 0 saturated carbocycles. The Kier molecular flexibility index (Phi) is 4.64. The highest BCUT2D eigenvalue weighted by Crippen LogP contribution is 2.47. The largest absolute Gasteiger partial charge is 0.416 e. The lowest BCUT2D eigenvalue weighted by atomic mass is 9.97. The van der Waals surface area contributed by atoms with E-state index in [4.69, 9.17) is 0 Å². The molecule has 3 aromatic rings. The Morgan fingerprint density at radius 2 is 1.77 bits per heavy atom. The van der Waals surface area contributed by atoms with Gasteiger partial charge in [0.2, 0.25) is 10.0 Å². The van der Waals surface area contributed by atoms with Crippen molar-refractivity contribution in [1.29, 1.82) is 0 Å². The topological polar surface area (TPSA) is 87.5 Å². The number of aliphatic hydroxyl groups is 1. The van der Waals surface area contributed by atoms with Crippen LogP contribution in [0.3, 0.4) is 0 Å². The molecule has 0 saturated heterocycles. The number of rotatable bonds is 3. The molecule has 1 aliphatic heterocycles. The Hall–Kier alpha value is -2.89. The van der Waals surface area contributed by atoms with Gasteiger partial charge in [0.1, 0.15) is 5.69 Å². The number of alkyl halides is 3. The summed E-state index contributed by atoms with van der Waals surface area (Å²) in [6.07, 6.45) is -4.10. The number of benzene rings is 2. The molecule has 1 aromatic heterocycles. The fourth-order valence-electron chi connectivity index (χ4n) is 3.48. The van der Waals surface area contributed by atoms with E-state index < -0.39 is 28.0 Å². The number of sulfonamides is 1. The summed E-state index contributed by atoms with van der Waals surface area (Å²) in [5.41, 5.74) is 1.22. The summed E-state index contributed by atoms with van der Waals surface area (Å²) in [5, 5.41) is 15.2. The third-order valence-electron chi connectivity index (χ3n) is 4.92. The smallest absolute Gasteiger partial charge is 0.368 e. The molecule has 2 N–H and O–H groups in total. The number of halogens is 3. The van der Waals surface area contributed by atoms with E-state index in [0.29, 0.717) is 22.5 Å². The fourth-order valence-corrected chi connectivity index (χ4v) is 4.23. The van der Waals surface area contributed by atoms with Crippen LogP contribution in [0.4, 0.5) is 24.5 Å². The number of anilines is 2. The molecule has 0 radical (unpaired) electrons. The average Bonchev–Trinajstić information content (AvgIpc) is 3.10. The van der Waals surface area contributed by atoms with E-state index >= 15 is 0 Å². The van der Waals surface area contributed by atoms with Crippen LogP contribution in [0.5, 0.6) is 0 Å². The zero-order valence-corrected chi connectivity index (χ0v) is 16.7. The summed E-state index contributed by atoms with van der Waals surface area (Å²) >= 11 is 0. The summed E-state index contributed by atoms with van der Waals surface area (Å²) in [6, 6.07) is 8.69. The van der Waals surface area contributed by atoms with E-state index in [9.17, 15) is 26.7 Å². The zero-order valence-electron chi connectivity index (χ0n) is 15.8. The maximum absolute atomic E-state index is 12.9. The quantitative estimate of drug-likeness (QED) is 0.656. The van der Waals surface area contributed by atoms with Gasteiger partial charge in [-0.2, -0.15) is 18.3 Å². The predicted octanol–water partition coefficient (Wildman–Crippen LogP) is 3.16. The van der Waals surface area contributed by atoms with E-state index in [0.717, 1.165) is 12.1 Å². The van der Waals surface area contributed by atoms with E-state index in [1.165, 1.54) is 47.0 Å². The lowest BCUT2D eigenvalue weighted by Gasteiger charge is -2.35. The standard InChI is InChI=1S/C19H17F3N4O3S/c1-23-30(28,29)13-7-8-16-14(9-13)15-10-25(2)24-17(15)18(27)26(16)12-5-3-11(4-6-12)19(20,21)22/h3-10,18,23,27H,1-2H3. The van der Waals surface area contributed by atoms with Gasteiger partial charge >= 0.3 is 6.18 Å². The number of aromatic nitrogens is 2. The molecule has 11 heteroatoms. The molecule has 1 unspecified atom stereocenters. The van der Waals surface area contributed by atoms with E-state index in [1.54, 1.807) is 13.2 Å². The number of aliphatic hydroxyl groups excluding tert-OH is 1. The molecular weight excluding hydrogens is 421 g/mol. The minimum Gasteiger partial charge on any atom is -0.368 e. The van der Waals surface area contributed by atoms with Gasteiger partial charge in [-0.05, 0) is 49.5 Å². The van der Waals surface area contributed by atoms with Crippen molar-refractivity contribution < 1.29 is 26.7 Å². The van der Waals surface area contributed by atoms with Crippen LogP contribution < -0.4 is 9.62 Å². The van der Waals surface area contributed by atoms with Gasteiger partial charge in [-0.25, -0.2) is 13.1 Å². The van der Waals surface area contributed by atoms with Gasteiger partial charge in [-0.1, -0.05) is 0 Å². The van der Waals surface area contributed by atoms with Crippen LogP contribution in [-0.4, -0.2) is 30.4 Å². The summed E-state index contributed by atoms with van der Waals surface area (Å²) in [6.45, 7) is 0. The minimum absolute atomic E-state index is 0.0160. The van der Waals surface area contributed by atoms with Crippen LogP contribution in [0.1, 0.15) is 17.5 Å². The number of hydrogen-bond donors (Lipinski definition) is 2. The van der Waals surface area contributed by atoms with Crippen LogP contribution in [0, 0.1) is 0 Å². The van der Waals surface area contributed by atoms with E-state index in [1.807, 2.05) is 0 Å². The maximum Gasteiger partial charge on any atom is 0.416 e. The number of aryl methyl sites for hydroxylation is 1. The van der Waals surface area contributed by atoms with Crippen molar-refractivity contribution in [2.75, 3.05) is 11.9 Å². The Bertz CT molecular complexity index is 1220. The first-order chi connectivity index (χ1) is 14.0. The first-order valence-corrected chi connectivity index (χ1v) is 10.3. The first kappa shape index (κ1) is 20.4. The molecule has 0 spiro atoms. The Morgan fingerprint density at radius 1 is 1.10 bits per heavy atom. The van der Waals surface area contributed by atoms with Crippen LogP contribution in [0.15, 0.2) is 53.6 Å². The molecule has 2 heterocycles. The monoisotopic (exact) mass is 438 g/mol. The molecule has 4 rings (SSSR count). The minimum atomic E-state index is -4.48. The second-order valence-corrected chi connectivity index (χ2v) is 8.66. The third kappa shape index (κ3) is 3.24. The zero-order chi connectivity index (χ0) is 21.8. The molecule has 30 heavy (non-hydrogen) atoms. The van der Waals surface area contributed by atoms with E-state index in [2.05, 4.69) is 9.82 Å². The SMILES string of the molecule is CNS(=O)(=O)c1ccc2c(c1)-c1cn(C)nc1C(O)N2c1ccc(C(F)(F)F)cc1. The van der Waals surface area contributed by atoms with E-state index in [-0.39, 0.29) is 10.6 Å². The molecule has 0 fully saturated rings. The maximum atomic E-state index is 12.9. The summed E-state index contributed by atoms with van der Waals surface area (Å²) in [4.78, 5) is 1.43. The average molecular weight is 438 g/mol. The van der Waals surface area contributed by atoms with Crippen molar-refractivity contribution in [3.63, 3.8) is 0 Å². The number of fused-ring (bicyclic) bond motifs is 3. The highest BCUT2D eigenvalue weighted by molar-refractivity contribution is 7.89. The van der Waals surface area contributed by atoms with Crippen molar-refractivity contribution in [1.82, 2.24) is 14.5 Å². The van der Waals surface area contributed by atoms with Crippen molar-refractivity contribution in [2.24, 2.45) is 7.05 Å². The van der Waals surface area contributed by atoms with Gasteiger partial charge in [0.05, 0.1) is 16.1 Å². The van der Waals surface area contributed by atoms with Crippen LogP contribution in [0.25, 0.3) is 11.1 Å². The van der Waals surface area contributed by atoms with Crippen molar-refractivity contribution >= 4 is 21.4 Å². The van der Waals surface area contributed by atoms with Gasteiger partial charge in [0.15, 0.2) is 6.23 Å². The predicted molar refractivity (Wildman–Crippen MR) is 103 cm³/mol. The lowest BCUT2D eigenvalue weighted by molar-refractivity contribution is -0.137. The second-order valence-electron chi connectivity index (χ2n) is 6.78. The lowest BCUT2D eigenvalue weighted by Crippen LogP contribution is -2.28. The molecular formula is C19H17F3N4O3S.